The van der Waals surface area contributed by atoms with E-state index < -0.39 is 0 Å². The molecule has 0 aliphatic rings. The van der Waals surface area contributed by atoms with E-state index >= 15 is 0 Å². The van der Waals surface area contributed by atoms with Gasteiger partial charge in [0.2, 0.25) is 0 Å². The van der Waals surface area contributed by atoms with Crippen molar-refractivity contribution in [3.63, 3.8) is 0 Å². The summed E-state index contributed by atoms with van der Waals surface area (Å²) in [5.41, 5.74) is 2.81. The highest BCUT2D eigenvalue weighted by Crippen LogP contribution is 2.19. The summed E-state index contributed by atoms with van der Waals surface area (Å²) in [5.74, 6) is 0.878. The Morgan fingerprint density at radius 1 is 1.14 bits per heavy atom. The van der Waals surface area contributed by atoms with Gasteiger partial charge in [0.15, 0.2) is 0 Å². The summed E-state index contributed by atoms with van der Waals surface area (Å²) < 4.78 is 5.82. The molecule has 3 aromatic rings. The molecule has 1 aromatic heterocycles. The van der Waals surface area contributed by atoms with Gasteiger partial charge < -0.3 is 9.64 Å². The Labute approximate surface area is 170 Å². The van der Waals surface area contributed by atoms with E-state index in [0.29, 0.717) is 18.7 Å². The molecule has 28 heavy (non-hydrogen) atoms. The third-order valence-corrected chi connectivity index (χ3v) is 5.59. The molecule has 5 heteroatoms. The Hall–Kier alpha value is -2.66. The number of benzene rings is 2. The van der Waals surface area contributed by atoms with Crippen LogP contribution in [0, 0.1) is 6.92 Å². The van der Waals surface area contributed by atoms with Gasteiger partial charge in [-0.25, -0.2) is 4.98 Å². The third-order valence-electron chi connectivity index (χ3n) is 4.72. The topological polar surface area (TPSA) is 42.4 Å². The molecule has 0 saturated heterocycles. The molecule has 0 aliphatic heterocycles. The molecule has 0 aliphatic carbocycles. The van der Waals surface area contributed by atoms with Crippen molar-refractivity contribution in [3.8, 4) is 5.75 Å². The van der Waals surface area contributed by atoms with Crippen molar-refractivity contribution in [2.45, 2.75) is 46.4 Å². The lowest BCUT2D eigenvalue weighted by Crippen LogP contribution is -2.37. The number of ether oxygens (including phenoxy) is 1. The molecule has 0 fully saturated rings. The van der Waals surface area contributed by atoms with Crippen LogP contribution in [-0.4, -0.2) is 21.8 Å². The van der Waals surface area contributed by atoms with Crippen LogP contribution in [0.25, 0.3) is 0 Å². The van der Waals surface area contributed by atoms with Gasteiger partial charge >= 0.3 is 0 Å². The minimum Gasteiger partial charge on any atom is -0.486 e. The van der Waals surface area contributed by atoms with E-state index in [0.717, 1.165) is 22.9 Å². The SMILES string of the molecule is CCC(C)N(Cc1csc(COc2ccc(C)cc2)n1)C(=O)c1ccccc1. The average Bonchev–Trinajstić information content (AvgIpc) is 3.19. The number of nitrogens with zero attached hydrogens (tertiary/aromatic N) is 2. The van der Waals surface area contributed by atoms with Crippen molar-refractivity contribution in [1.29, 1.82) is 0 Å². The Balaban J connectivity index is 1.66. The van der Waals surface area contributed by atoms with Crippen molar-refractivity contribution in [3.05, 3.63) is 81.8 Å². The fraction of sp³-hybridized carbons (Fsp3) is 0.304. The van der Waals surface area contributed by atoms with Crippen LogP contribution in [0.5, 0.6) is 5.75 Å². The third kappa shape index (κ3) is 5.20. The maximum atomic E-state index is 13.0. The monoisotopic (exact) mass is 394 g/mol. The number of carbonyl (C=O) groups is 1. The molecular weight excluding hydrogens is 368 g/mol. The van der Waals surface area contributed by atoms with E-state index in [-0.39, 0.29) is 11.9 Å². The molecule has 1 atom stereocenters. The first-order chi connectivity index (χ1) is 13.6. The molecule has 3 rings (SSSR count). The maximum Gasteiger partial charge on any atom is 0.254 e. The molecule has 0 spiro atoms. The molecular formula is C23H26N2O2S. The van der Waals surface area contributed by atoms with E-state index in [2.05, 4.69) is 25.8 Å². The zero-order valence-corrected chi connectivity index (χ0v) is 17.4. The Morgan fingerprint density at radius 3 is 2.54 bits per heavy atom. The quantitative estimate of drug-likeness (QED) is 0.509. The summed E-state index contributed by atoms with van der Waals surface area (Å²) in [6.45, 7) is 7.16. The van der Waals surface area contributed by atoms with Crippen LogP contribution in [0.3, 0.4) is 0 Å². The Morgan fingerprint density at radius 2 is 1.86 bits per heavy atom. The van der Waals surface area contributed by atoms with Crippen molar-refractivity contribution < 1.29 is 9.53 Å². The van der Waals surface area contributed by atoms with E-state index in [1.54, 1.807) is 11.3 Å². The van der Waals surface area contributed by atoms with Gasteiger partial charge in [-0.2, -0.15) is 0 Å². The predicted octanol–water partition coefficient (Wildman–Crippen LogP) is 5.47. The second-order valence-corrected chi connectivity index (χ2v) is 7.83. The summed E-state index contributed by atoms with van der Waals surface area (Å²) >= 11 is 1.57. The molecule has 1 amide bonds. The second kappa shape index (κ2) is 9.51. The fourth-order valence-corrected chi connectivity index (χ4v) is 3.53. The lowest BCUT2D eigenvalue weighted by Gasteiger charge is -2.28. The lowest BCUT2D eigenvalue weighted by molar-refractivity contribution is 0.0669. The number of hydrogen-bond donors (Lipinski definition) is 0. The zero-order valence-electron chi connectivity index (χ0n) is 16.6. The summed E-state index contributed by atoms with van der Waals surface area (Å²) in [5, 5.41) is 2.92. The highest BCUT2D eigenvalue weighted by molar-refractivity contribution is 7.09. The first-order valence-corrected chi connectivity index (χ1v) is 10.4. The molecule has 4 nitrogen and oxygen atoms in total. The summed E-state index contributed by atoms with van der Waals surface area (Å²) in [4.78, 5) is 19.5. The number of rotatable bonds is 8. The summed E-state index contributed by atoms with van der Waals surface area (Å²) in [6.07, 6.45) is 0.895. The van der Waals surface area contributed by atoms with E-state index in [4.69, 9.17) is 4.74 Å². The van der Waals surface area contributed by atoms with Gasteiger partial charge in [0, 0.05) is 17.0 Å². The van der Waals surface area contributed by atoms with Crippen LogP contribution >= 0.6 is 11.3 Å². The molecule has 0 saturated carbocycles. The molecule has 2 aromatic carbocycles. The van der Waals surface area contributed by atoms with Crippen LogP contribution in [0.2, 0.25) is 0 Å². The van der Waals surface area contributed by atoms with Gasteiger partial charge in [0.05, 0.1) is 12.2 Å². The number of hydrogen-bond acceptors (Lipinski definition) is 4. The Kier molecular flexibility index (Phi) is 6.82. The van der Waals surface area contributed by atoms with E-state index in [1.807, 2.05) is 64.9 Å². The highest BCUT2D eigenvalue weighted by atomic mass is 32.1. The predicted molar refractivity (Wildman–Crippen MR) is 114 cm³/mol. The van der Waals surface area contributed by atoms with Gasteiger partial charge in [0.1, 0.15) is 17.4 Å². The van der Waals surface area contributed by atoms with Crippen LogP contribution in [0.4, 0.5) is 0 Å². The number of thiazole rings is 1. The van der Waals surface area contributed by atoms with Crippen LogP contribution in [-0.2, 0) is 13.2 Å². The number of amides is 1. The molecule has 1 unspecified atom stereocenters. The molecule has 146 valence electrons. The largest absolute Gasteiger partial charge is 0.486 e. The first-order valence-electron chi connectivity index (χ1n) is 9.55. The fourth-order valence-electron chi connectivity index (χ4n) is 2.84. The van der Waals surface area contributed by atoms with Gasteiger partial charge in [-0.3, -0.25) is 4.79 Å². The first kappa shape index (κ1) is 20.1. The number of aryl methyl sites for hydroxylation is 1. The van der Waals surface area contributed by atoms with Crippen molar-refractivity contribution in [2.24, 2.45) is 0 Å². The van der Waals surface area contributed by atoms with Crippen molar-refractivity contribution in [2.75, 3.05) is 0 Å². The van der Waals surface area contributed by atoms with Crippen LogP contribution in [0.15, 0.2) is 60.0 Å². The molecule has 0 bridgehead atoms. The number of aromatic nitrogens is 1. The van der Waals surface area contributed by atoms with Crippen LogP contribution in [0.1, 0.15) is 46.9 Å². The highest BCUT2D eigenvalue weighted by Gasteiger charge is 2.21. The Bertz CT molecular complexity index is 890. The van der Waals surface area contributed by atoms with Gasteiger partial charge in [0.25, 0.3) is 5.91 Å². The van der Waals surface area contributed by atoms with Crippen molar-refractivity contribution >= 4 is 17.2 Å². The second-order valence-electron chi connectivity index (χ2n) is 6.89. The zero-order chi connectivity index (χ0) is 19.9. The minimum atomic E-state index is 0.0420. The standard InChI is InChI=1S/C23H26N2O2S/c1-4-18(3)25(23(26)19-8-6-5-7-9-19)14-20-16-28-22(24-20)15-27-21-12-10-17(2)11-13-21/h5-13,16,18H,4,14-15H2,1-3H3. The maximum absolute atomic E-state index is 13.0. The van der Waals surface area contributed by atoms with Gasteiger partial charge in [-0.15, -0.1) is 11.3 Å². The lowest BCUT2D eigenvalue weighted by atomic mass is 10.1. The smallest absolute Gasteiger partial charge is 0.254 e. The van der Waals surface area contributed by atoms with Gasteiger partial charge in [-0.05, 0) is 44.5 Å². The molecule has 0 N–H and O–H groups in total. The summed E-state index contributed by atoms with van der Waals surface area (Å²) in [6, 6.07) is 17.6. The average molecular weight is 395 g/mol. The molecule has 0 radical (unpaired) electrons. The number of carbonyl (C=O) groups excluding carboxylic acids is 1. The summed E-state index contributed by atoms with van der Waals surface area (Å²) in [7, 11) is 0. The van der Waals surface area contributed by atoms with E-state index in [9.17, 15) is 4.79 Å². The normalized spacial score (nSPS) is 11.8. The van der Waals surface area contributed by atoms with Gasteiger partial charge in [-0.1, -0.05) is 42.8 Å². The minimum absolute atomic E-state index is 0.0420. The molecule has 1 heterocycles. The van der Waals surface area contributed by atoms with Crippen LogP contribution < -0.4 is 4.74 Å². The van der Waals surface area contributed by atoms with Crippen molar-refractivity contribution in [1.82, 2.24) is 9.88 Å². The van der Waals surface area contributed by atoms with E-state index in [1.165, 1.54) is 5.56 Å².